The second kappa shape index (κ2) is 6.61. The molecule has 3 heteroatoms. The third-order valence-corrected chi connectivity index (χ3v) is 5.00. The molecular formula is C18H26N2O. The molecule has 21 heavy (non-hydrogen) atoms. The zero-order valence-electron chi connectivity index (χ0n) is 13.1. The van der Waals surface area contributed by atoms with E-state index in [2.05, 4.69) is 29.2 Å². The topological polar surface area (TPSA) is 23.6 Å². The van der Waals surface area contributed by atoms with Gasteiger partial charge in [0.1, 0.15) is 0 Å². The van der Waals surface area contributed by atoms with Gasteiger partial charge in [0.05, 0.1) is 6.54 Å². The molecule has 2 aliphatic rings. The third kappa shape index (κ3) is 3.65. The van der Waals surface area contributed by atoms with E-state index in [4.69, 9.17) is 0 Å². The maximum atomic E-state index is 11.7. The maximum Gasteiger partial charge on any atom is 0.236 e. The molecular weight excluding hydrogens is 260 g/mol. The van der Waals surface area contributed by atoms with Gasteiger partial charge in [0, 0.05) is 26.7 Å². The summed E-state index contributed by atoms with van der Waals surface area (Å²) in [7, 11) is 1.89. The Morgan fingerprint density at radius 2 is 1.76 bits per heavy atom. The molecule has 114 valence electrons. The summed E-state index contributed by atoms with van der Waals surface area (Å²) in [5.41, 5.74) is 2.83. The Labute approximate surface area is 127 Å². The van der Waals surface area contributed by atoms with Gasteiger partial charge in [-0.25, -0.2) is 0 Å². The first kappa shape index (κ1) is 14.6. The quantitative estimate of drug-likeness (QED) is 0.853. The van der Waals surface area contributed by atoms with Crippen molar-refractivity contribution in [1.29, 1.82) is 0 Å². The Hall–Kier alpha value is -1.35. The van der Waals surface area contributed by atoms with Gasteiger partial charge in [0.25, 0.3) is 0 Å². The van der Waals surface area contributed by atoms with Crippen LogP contribution in [0, 0.1) is 0 Å². The second-order valence-electron chi connectivity index (χ2n) is 6.60. The largest absolute Gasteiger partial charge is 0.343 e. The van der Waals surface area contributed by atoms with E-state index in [9.17, 15) is 4.79 Å². The summed E-state index contributed by atoms with van der Waals surface area (Å²) >= 11 is 0. The lowest BCUT2D eigenvalue weighted by Crippen LogP contribution is -2.47. The summed E-state index contributed by atoms with van der Waals surface area (Å²) in [6, 6.07) is 9.13. The number of benzene rings is 1. The molecule has 1 saturated heterocycles. The Balaban J connectivity index is 1.58. The van der Waals surface area contributed by atoms with Crippen LogP contribution in [-0.2, 0) is 11.3 Å². The Morgan fingerprint density at radius 1 is 1.05 bits per heavy atom. The molecule has 1 aromatic carbocycles. The van der Waals surface area contributed by atoms with Crippen LogP contribution >= 0.6 is 0 Å². The molecule has 0 radical (unpaired) electrons. The molecule has 1 saturated carbocycles. The molecule has 1 heterocycles. The smallest absolute Gasteiger partial charge is 0.236 e. The molecule has 0 unspecified atom stereocenters. The van der Waals surface area contributed by atoms with E-state index in [1.54, 1.807) is 0 Å². The molecule has 0 atom stereocenters. The molecule has 0 aromatic heterocycles. The fourth-order valence-corrected chi connectivity index (χ4v) is 3.53. The molecule has 3 rings (SSSR count). The van der Waals surface area contributed by atoms with Crippen molar-refractivity contribution >= 4 is 5.91 Å². The third-order valence-electron chi connectivity index (χ3n) is 5.00. The number of carbonyl (C=O) groups excluding carboxylic acids is 1. The lowest BCUT2D eigenvalue weighted by Gasteiger charge is -2.32. The SMILES string of the molecule is CN1CCN(Cc2ccc(C3CCCCC3)cc2)CC1=O. The number of hydrogen-bond donors (Lipinski definition) is 0. The van der Waals surface area contributed by atoms with Gasteiger partial charge in [0.2, 0.25) is 5.91 Å². The van der Waals surface area contributed by atoms with Crippen LogP contribution in [-0.4, -0.2) is 42.4 Å². The van der Waals surface area contributed by atoms with Crippen molar-refractivity contribution in [3.05, 3.63) is 35.4 Å². The molecule has 1 aliphatic carbocycles. The highest BCUT2D eigenvalue weighted by Gasteiger charge is 2.21. The van der Waals surface area contributed by atoms with Crippen molar-refractivity contribution in [2.24, 2.45) is 0 Å². The monoisotopic (exact) mass is 286 g/mol. The van der Waals surface area contributed by atoms with Crippen LogP contribution in [0.25, 0.3) is 0 Å². The first-order valence-corrected chi connectivity index (χ1v) is 8.27. The zero-order valence-corrected chi connectivity index (χ0v) is 13.1. The van der Waals surface area contributed by atoms with E-state index in [1.165, 1.54) is 43.2 Å². The molecule has 2 fully saturated rings. The Kier molecular flexibility index (Phi) is 4.59. The van der Waals surface area contributed by atoms with Crippen molar-refractivity contribution in [3.8, 4) is 0 Å². The fraction of sp³-hybridized carbons (Fsp3) is 0.611. The highest BCUT2D eigenvalue weighted by Crippen LogP contribution is 2.32. The van der Waals surface area contributed by atoms with Gasteiger partial charge in [-0.3, -0.25) is 9.69 Å². The van der Waals surface area contributed by atoms with Crippen LogP contribution in [0.15, 0.2) is 24.3 Å². The summed E-state index contributed by atoms with van der Waals surface area (Å²) < 4.78 is 0. The first-order chi connectivity index (χ1) is 10.2. The zero-order chi connectivity index (χ0) is 14.7. The lowest BCUT2D eigenvalue weighted by molar-refractivity contribution is -0.134. The number of amides is 1. The van der Waals surface area contributed by atoms with E-state index >= 15 is 0 Å². The average Bonchev–Trinajstić information content (AvgIpc) is 2.53. The molecule has 1 amide bonds. The Morgan fingerprint density at radius 3 is 2.43 bits per heavy atom. The molecule has 1 aliphatic heterocycles. The van der Waals surface area contributed by atoms with Crippen LogP contribution in [0.3, 0.4) is 0 Å². The predicted molar refractivity (Wildman–Crippen MR) is 85.2 cm³/mol. The minimum absolute atomic E-state index is 0.236. The lowest BCUT2D eigenvalue weighted by atomic mass is 9.84. The minimum atomic E-state index is 0.236. The Bertz CT molecular complexity index is 476. The van der Waals surface area contributed by atoms with Gasteiger partial charge in [0.15, 0.2) is 0 Å². The number of carbonyl (C=O) groups is 1. The summed E-state index contributed by atoms with van der Waals surface area (Å²) in [5, 5.41) is 0. The second-order valence-corrected chi connectivity index (χ2v) is 6.60. The van der Waals surface area contributed by atoms with Crippen LogP contribution in [0.2, 0.25) is 0 Å². The van der Waals surface area contributed by atoms with E-state index in [0.717, 1.165) is 25.6 Å². The predicted octanol–water partition coefficient (Wildman–Crippen LogP) is 3.01. The fourth-order valence-electron chi connectivity index (χ4n) is 3.53. The van der Waals surface area contributed by atoms with Gasteiger partial charge >= 0.3 is 0 Å². The van der Waals surface area contributed by atoms with E-state index < -0.39 is 0 Å². The number of rotatable bonds is 3. The van der Waals surface area contributed by atoms with Crippen molar-refractivity contribution in [1.82, 2.24) is 9.80 Å². The number of nitrogens with zero attached hydrogens (tertiary/aromatic N) is 2. The van der Waals surface area contributed by atoms with E-state index in [-0.39, 0.29) is 5.91 Å². The molecule has 0 bridgehead atoms. The number of hydrogen-bond acceptors (Lipinski definition) is 2. The van der Waals surface area contributed by atoms with Gasteiger partial charge in [-0.2, -0.15) is 0 Å². The van der Waals surface area contributed by atoms with Crippen molar-refractivity contribution in [3.63, 3.8) is 0 Å². The maximum absolute atomic E-state index is 11.7. The minimum Gasteiger partial charge on any atom is -0.343 e. The van der Waals surface area contributed by atoms with E-state index in [1.807, 2.05) is 11.9 Å². The summed E-state index contributed by atoms with van der Waals surface area (Å²) in [6.45, 7) is 3.27. The van der Waals surface area contributed by atoms with Crippen molar-refractivity contribution < 1.29 is 4.79 Å². The van der Waals surface area contributed by atoms with Crippen LogP contribution in [0.4, 0.5) is 0 Å². The molecule has 0 N–H and O–H groups in total. The molecule has 3 nitrogen and oxygen atoms in total. The highest BCUT2D eigenvalue weighted by atomic mass is 16.2. The summed E-state index contributed by atoms with van der Waals surface area (Å²) in [6.07, 6.45) is 6.89. The van der Waals surface area contributed by atoms with E-state index in [0.29, 0.717) is 6.54 Å². The van der Waals surface area contributed by atoms with Gasteiger partial charge < -0.3 is 4.90 Å². The number of likely N-dealkylation sites (N-methyl/N-ethyl adjacent to an activating group) is 1. The molecule has 1 aromatic rings. The van der Waals surface area contributed by atoms with Gasteiger partial charge in [-0.1, -0.05) is 43.5 Å². The summed E-state index contributed by atoms with van der Waals surface area (Å²) in [5.74, 6) is 1.01. The normalized spacial score (nSPS) is 21.8. The first-order valence-electron chi connectivity index (χ1n) is 8.27. The number of piperazine rings is 1. The average molecular weight is 286 g/mol. The van der Waals surface area contributed by atoms with Crippen molar-refractivity contribution in [2.75, 3.05) is 26.7 Å². The standard InChI is InChI=1S/C18H26N2O/c1-19-11-12-20(14-18(19)21)13-15-7-9-17(10-8-15)16-5-3-2-4-6-16/h7-10,16H,2-6,11-14H2,1H3. The van der Waals surface area contributed by atoms with Gasteiger partial charge in [-0.15, -0.1) is 0 Å². The van der Waals surface area contributed by atoms with Crippen LogP contribution < -0.4 is 0 Å². The molecule has 0 spiro atoms. The van der Waals surface area contributed by atoms with Crippen molar-refractivity contribution in [2.45, 2.75) is 44.6 Å². The van der Waals surface area contributed by atoms with Crippen LogP contribution in [0.1, 0.15) is 49.1 Å². The van der Waals surface area contributed by atoms with Gasteiger partial charge in [-0.05, 0) is 29.9 Å². The summed E-state index contributed by atoms with van der Waals surface area (Å²) in [4.78, 5) is 15.8. The van der Waals surface area contributed by atoms with Crippen LogP contribution in [0.5, 0.6) is 0 Å². The highest BCUT2D eigenvalue weighted by molar-refractivity contribution is 5.78.